The van der Waals surface area contributed by atoms with Crippen LogP contribution in [0.25, 0.3) is 27.7 Å². The van der Waals surface area contributed by atoms with Gasteiger partial charge in [0.1, 0.15) is 11.3 Å². The van der Waals surface area contributed by atoms with Crippen molar-refractivity contribution in [2.75, 3.05) is 0 Å². The third-order valence-electron chi connectivity index (χ3n) is 4.35. The minimum absolute atomic E-state index is 0.0765. The molecule has 0 unspecified atom stereocenters. The van der Waals surface area contributed by atoms with Crippen LogP contribution in [0.1, 0.15) is 20.7 Å². The van der Waals surface area contributed by atoms with Gasteiger partial charge >= 0.3 is 11.9 Å². The number of carboxylic acid groups (broad SMARTS) is 2. The van der Waals surface area contributed by atoms with Crippen LogP contribution in [0.5, 0.6) is 0 Å². The van der Waals surface area contributed by atoms with Gasteiger partial charge in [-0.2, -0.15) is 5.10 Å². The van der Waals surface area contributed by atoms with Gasteiger partial charge in [0.05, 0.1) is 11.3 Å². The zero-order valence-electron chi connectivity index (χ0n) is 14.0. The van der Waals surface area contributed by atoms with E-state index in [2.05, 4.69) is 5.10 Å². The summed E-state index contributed by atoms with van der Waals surface area (Å²) in [6, 6.07) is 19.6. The van der Waals surface area contributed by atoms with Crippen molar-refractivity contribution in [1.82, 2.24) is 9.78 Å². The normalized spacial score (nSPS) is 10.8. The van der Waals surface area contributed by atoms with Gasteiger partial charge in [-0.05, 0) is 41.1 Å². The smallest absolute Gasteiger partial charge is 0.339 e. The van der Waals surface area contributed by atoms with Crippen LogP contribution < -0.4 is 0 Å². The molecule has 27 heavy (non-hydrogen) atoms. The molecule has 0 bridgehead atoms. The van der Waals surface area contributed by atoms with Crippen molar-refractivity contribution >= 4 is 22.7 Å². The van der Waals surface area contributed by atoms with Crippen LogP contribution in [0.4, 0.5) is 0 Å². The molecule has 0 spiro atoms. The molecule has 0 radical (unpaired) electrons. The third kappa shape index (κ3) is 3.04. The molecular formula is C21H14N2O4. The minimum atomic E-state index is -1.08. The van der Waals surface area contributed by atoms with E-state index in [1.807, 2.05) is 42.5 Å². The molecule has 0 aliphatic heterocycles. The molecule has 4 rings (SSSR count). The first kappa shape index (κ1) is 16.5. The fourth-order valence-electron chi connectivity index (χ4n) is 2.97. The van der Waals surface area contributed by atoms with E-state index >= 15 is 0 Å². The van der Waals surface area contributed by atoms with Crippen LogP contribution in [0.2, 0.25) is 0 Å². The van der Waals surface area contributed by atoms with E-state index in [1.54, 1.807) is 12.1 Å². The van der Waals surface area contributed by atoms with Crippen LogP contribution in [0.15, 0.2) is 72.9 Å². The van der Waals surface area contributed by atoms with E-state index in [1.165, 1.54) is 23.0 Å². The molecule has 2 N–H and O–H groups in total. The van der Waals surface area contributed by atoms with E-state index in [4.69, 9.17) is 5.11 Å². The quantitative estimate of drug-likeness (QED) is 0.573. The van der Waals surface area contributed by atoms with Crippen molar-refractivity contribution in [3.05, 3.63) is 84.1 Å². The van der Waals surface area contributed by atoms with Gasteiger partial charge in [0, 0.05) is 11.8 Å². The number of fused-ring (bicyclic) bond motifs is 1. The second-order valence-corrected chi connectivity index (χ2v) is 6.06. The molecule has 0 atom stereocenters. The lowest BCUT2D eigenvalue weighted by Gasteiger charge is -2.03. The Morgan fingerprint density at radius 2 is 1.52 bits per heavy atom. The van der Waals surface area contributed by atoms with Gasteiger partial charge in [-0.15, -0.1) is 0 Å². The summed E-state index contributed by atoms with van der Waals surface area (Å²) in [6.07, 6.45) is 1.43. The van der Waals surface area contributed by atoms with Gasteiger partial charge in [-0.25, -0.2) is 14.3 Å². The number of carboxylic acids is 2. The monoisotopic (exact) mass is 358 g/mol. The highest BCUT2D eigenvalue weighted by Crippen LogP contribution is 2.27. The van der Waals surface area contributed by atoms with E-state index in [9.17, 15) is 14.7 Å². The highest BCUT2D eigenvalue weighted by Gasteiger charge is 2.18. The van der Waals surface area contributed by atoms with Crippen molar-refractivity contribution < 1.29 is 19.8 Å². The maximum absolute atomic E-state index is 11.7. The largest absolute Gasteiger partial charge is 0.478 e. The number of aromatic nitrogens is 2. The Labute approximate surface area is 153 Å². The van der Waals surface area contributed by atoms with Crippen molar-refractivity contribution in [2.24, 2.45) is 0 Å². The Morgan fingerprint density at radius 1 is 0.815 bits per heavy atom. The van der Waals surface area contributed by atoms with Crippen LogP contribution in [0, 0.1) is 0 Å². The first-order valence-electron chi connectivity index (χ1n) is 8.19. The maximum Gasteiger partial charge on any atom is 0.339 e. The van der Waals surface area contributed by atoms with Crippen LogP contribution in [-0.4, -0.2) is 31.9 Å². The summed E-state index contributed by atoms with van der Waals surface area (Å²) in [5.41, 5.74) is 1.86. The van der Waals surface area contributed by atoms with Crippen LogP contribution in [0.3, 0.4) is 0 Å². The van der Waals surface area contributed by atoms with Gasteiger partial charge in [0.25, 0.3) is 0 Å². The number of rotatable bonds is 4. The fourth-order valence-corrected chi connectivity index (χ4v) is 2.97. The summed E-state index contributed by atoms with van der Waals surface area (Å²) < 4.78 is 1.44. The predicted octanol–water partition coefficient (Wildman–Crippen LogP) is 4.09. The zero-order chi connectivity index (χ0) is 19.0. The molecule has 0 fully saturated rings. The van der Waals surface area contributed by atoms with E-state index in [-0.39, 0.29) is 11.1 Å². The number of carbonyl (C=O) groups is 2. The lowest BCUT2D eigenvalue weighted by molar-refractivity contribution is 0.0686. The molecular weight excluding hydrogens is 344 g/mol. The topological polar surface area (TPSA) is 92.4 Å². The average Bonchev–Trinajstić information content (AvgIpc) is 3.13. The van der Waals surface area contributed by atoms with Crippen molar-refractivity contribution in [1.29, 1.82) is 0 Å². The average molecular weight is 358 g/mol. The van der Waals surface area contributed by atoms with E-state index in [0.29, 0.717) is 16.9 Å². The SMILES string of the molecule is O=C(O)c1ccc(-n2cc(C(=O)O)c(-c3ccc4ccccc4c3)n2)cc1. The highest BCUT2D eigenvalue weighted by molar-refractivity contribution is 5.96. The molecule has 0 aliphatic rings. The Bertz CT molecular complexity index is 1180. The maximum atomic E-state index is 11.7. The summed E-state index contributed by atoms with van der Waals surface area (Å²) in [5, 5.41) is 25.1. The Morgan fingerprint density at radius 3 is 2.19 bits per heavy atom. The van der Waals surface area contributed by atoms with E-state index in [0.717, 1.165) is 10.8 Å². The Balaban J connectivity index is 1.82. The summed E-state index contributed by atoms with van der Waals surface area (Å²) >= 11 is 0. The molecule has 1 aromatic heterocycles. The number of aromatic carboxylic acids is 2. The highest BCUT2D eigenvalue weighted by atomic mass is 16.4. The summed E-state index contributed by atoms with van der Waals surface area (Å²) in [7, 11) is 0. The molecule has 6 heteroatoms. The lowest BCUT2D eigenvalue weighted by atomic mass is 10.0. The molecule has 132 valence electrons. The molecule has 0 aliphatic carbocycles. The summed E-state index contributed by atoms with van der Waals surface area (Å²) in [6.45, 7) is 0. The minimum Gasteiger partial charge on any atom is -0.478 e. The standard InChI is InChI=1S/C21H14N2O4/c24-20(25)14-7-9-17(10-8-14)23-12-18(21(26)27)19(22-23)16-6-5-13-3-1-2-4-15(13)11-16/h1-12H,(H,24,25)(H,26,27). The number of hydrogen-bond acceptors (Lipinski definition) is 3. The number of benzene rings is 3. The summed E-state index contributed by atoms with van der Waals surface area (Å²) in [5.74, 6) is -2.10. The molecule has 0 saturated heterocycles. The van der Waals surface area contributed by atoms with Crippen LogP contribution in [-0.2, 0) is 0 Å². The van der Waals surface area contributed by atoms with Gasteiger partial charge in [-0.3, -0.25) is 0 Å². The van der Waals surface area contributed by atoms with E-state index < -0.39 is 11.9 Å². The molecule has 0 amide bonds. The van der Waals surface area contributed by atoms with Crippen molar-refractivity contribution in [3.63, 3.8) is 0 Å². The second kappa shape index (κ2) is 6.42. The number of hydrogen-bond donors (Lipinski definition) is 2. The Kier molecular flexibility index (Phi) is 3.93. The molecule has 3 aromatic carbocycles. The van der Waals surface area contributed by atoms with Crippen LogP contribution >= 0.6 is 0 Å². The first-order chi connectivity index (χ1) is 13.0. The molecule has 0 saturated carbocycles. The van der Waals surface area contributed by atoms with Gasteiger partial charge < -0.3 is 10.2 Å². The fraction of sp³-hybridized carbons (Fsp3) is 0. The third-order valence-corrected chi connectivity index (χ3v) is 4.35. The lowest BCUT2D eigenvalue weighted by Crippen LogP contribution is -1.99. The van der Waals surface area contributed by atoms with Crippen molar-refractivity contribution in [3.8, 4) is 16.9 Å². The van der Waals surface area contributed by atoms with Crippen molar-refractivity contribution in [2.45, 2.75) is 0 Å². The molecule has 4 aromatic rings. The second-order valence-electron chi connectivity index (χ2n) is 6.06. The first-order valence-corrected chi connectivity index (χ1v) is 8.19. The van der Waals surface area contributed by atoms with Gasteiger partial charge in [0.15, 0.2) is 0 Å². The predicted molar refractivity (Wildman–Crippen MR) is 100 cm³/mol. The van der Waals surface area contributed by atoms with Gasteiger partial charge in [0.2, 0.25) is 0 Å². The molecule has 6 nitrogen and oxygen atoms in total. The Hall–Kier alpha value is -3.93. The summed E-state index contributed by atoms with van der Waals surface area (Å²) in [4.78, 5) is 22.7. The van der Waals surface area contributed by atoms with Gasteiger partial charge in [-0.1, -0.05) is 36.4 Å². The zero-order valence-corrected chi connectivity index (χ0v) is 14.0. The molecule has 1 heterocycles. The number of nitrogens with zero attached hydrogens (tertiary/aromatic N) is 2.